The molecule has 3 saturated carbocycles. The molecule has 9 aliphatic rings. The zero-order valence-electron chi connectivity index (χ0n) is 37.4. The number of esters is 1. The van der Waals surface area contributed by atoms with Gasteiger partial charge in [0.1, 0.15) is 54.9 Å². The summed E-state index contributed by atoms with van der Waals surface area (Å²) < 4.78 is 55.7. The second-order valence-corrected chi connectivity index (χ2v) is 20.9. The lowest BCUT2D eigenvalue weighted by Crippen LogP contribution is -2.66. The van der Waals surface area contributed by atoms with Crippen LogP contribution in [0.1, 0.15) is 86.0 Å². The lowest BCUT2D eigenvalue weighted by atomic mass is 9.46. The van der Waals surface area contributed by atoms with Gasteiger partial charge in [0.25, 0.3) is 0 Å². The molecule has 0 bridgehead atoms. The quantitative estimate of drug-likeness (QED) is 0.120. The second-order valence-electron chi connectivity index (χ2n) is 20.9. The molecule has 8 N–H and O–H groups in total. The van der Waals surface area contributed by atoms with Gasteiger partial charge in [-0.1, -0.05) is 44.6 Å². The predicted octanol–water partition coefficient (Wildman–Crippen LogP) is 0.315. The Balaban J connectivity index is 0.956. The number of hydrogen-bond acceptors (Lipinski definition) is 18. The molecule has 0 aromatic heterocycles. The smallest absolute Gasteiger partial charge is 0.303 e. The summed E-state index contributed by atoms with van der Waals surface area (Å²) in [6.07, 6.45) is -14.2. The Morgan fingerprint density at radius 2 is 1.59 bits per heavy atom. The molecule has 1 spiro atoms. The number of hydrogen-bond donors (Lipinski definition) is 8. The van der Waals surface area contributed by atoms with Gasteiger partial charge in [0.2, 0.25) is 0 Å². The minimum atomic E-state index is -1.83. The van der Waals surface area contributed by atoms with Crippen LogP contribution in [0.2, 0.25) is 0 Å². The number of fused-ring (bicyclic) bond motifs is 7. The number of carbonyl (C=O) groups excluding carboxylic acids is 1. The molecule has 8 fully saturated rings. The Labute approximate surface area is 373 Å². The summed E-state index contributed by atoms with van der Waals surface area (Å²) in [4.78, 5) is 12.2. The van der Waals surface area contributed by atoms with Crippen molar-refractivity contribution in [3.8, 4) is 0 Å². The number of rotatable bonds is 8. The molecule has 362 valence electrons. The lowest BCUT2D eigenvalue weighted by molar-refractivity contribution is -0.381. The molecule has 25 atom stereocenters. The van der Waals surface area contributed by atoms with E-state index in [2.05, 4.69) is 33.4 Å². The zero-order valence-corrected chi connectivity index (χ0v) is 37.4. The van der Waals surface area contributed by atoms with Crippen molar-refractivity contribution in [2.45, 2.75) is 196 Å². The van der Waals surface area contributed by atoms with Crippen molar-refractivity contribution < 1.29 is 88.3 Å². The molecule has 9 rings (SSSR count). The maximum absolute atomic E-state index is 12.2. The Hall–Kier alpha value is -1.69. The van der Waals surface area contributed by atoms with Crippen LogP contribution in [-0.2, 0) is 47.4 Å². The predicted molar refractivity (Wildman–Crippen MR) is 219 cm³/mol. The van der Waals surface area contributed by atoms with Crippen molar-refractivity contribution in [2.75, 3.05) is 19.8 Å². The van der Waals surface area contributed by atoms with Crippen LogP contribution in [0.25, 0.3) is 0 Å². The lowest BCUT2D eigenvalue weighted by Gasteiger charge is -2.60. The van der Waals surface area contributed by atoms with Crippen molar-refractivity contribution in [2.24, 2.45) is 40.4 Å². The zero-order chi connectivity index (χ0) is 45.8. The van der Waals surface area contributed by atoms with E-state index >= 15 is 0 Å². The molecular formula is C46H70O18. The van der Waals surface area contributed by atoms with Crippen LogP contribution >= 0.6 is 0 Å². The van der Waals surface area contributed by atoms with E-state index in [1.165, 1.54) is 13.8 Å². The minimum absolute atomic E-state index is 0.0377. The summed E-state index contributed by atoms with van der Waals surface area (Å²) in [6, 6.07) is 0. The van der Waals surface area contributed by atoms with Crippen LogP contribution in [0.5, 0.6) is 0 Å². The Bertz CT molecular complexity index is 1750. The molecule has 2 unspecified atom stereocenters. The Morgan fingerprint density at radius 3 is 2.30 bits per heavy atom. The van der Waals surface area contributed by atoms with Crippen molar-refractivity contribution in [1.29, 1.82) is 0 Å². The molecule has 18 heteroatoms. The highest BCUT2D eigenvalue weighted by atomic mass is 16.8. The largest absolute Gasteiger partial charge is 0.457 e. The number of allylic oxidation sites excluding steroid dienone is 1. The summed E-state index contributed by atoms with van der Waals surface area (Å²) in [5, 5.41) is 87.1. The monoisotopic (exact) mass is 910 g/mol. The third kappa shape index (κ3) is 7.76. The molecule has 5 saturated heterocycles. The summed E-state index contributed by atoms with van der Waals surface area (Å²) in [5.41, 5.74) is 1.72. The first-order valence-corrected chi connectivity index (χ1v) is 23.4. The summed E-state index contributed by atoms with van der Waals surface area (Å²) in [5.74, 6) is 0.227. The van der Waals surface area contributed by atoms with E-state index in [1.807, 2.05) is 0 Å². The van der Waals surface area contributed by atoms with Crippen molar-refractivity contribution in [3.63, 3.8) is 0 Å². The first-order chi connectivity index (χ1) is 30.3. The average molecular weight is 911 g/mol. The van der Waals surface area contributed by atoms with Gasteiger partial charge in [0, 0.05) is 31.1 Å². The number of ether oxygens (including phenoxy) is 9. The maximum atomic E-state index is 12.2. The first-order valence-electron chi connectivity index (χ1n) is 23.4. The summed E-state index contributed by atoms with van der Waals surface area (Å²) >= 11 is 0. The third-order valence-electron chi connectivity index (χ3n) is 17.4. The van der Waals surface area contributed by atoms with E-state index in [1.54, 1.807) is 0 Å². The van der Waals surface area contributed by atoms with Gasteiger partial charge in [-0.25, -0.2) is 0 Å². The fraction of sp³-hybridized carbons (Fsp3) is 0.891. The number of aliphatic hydroxyl groups is 8. The molecule has 4 aliphatic carbocycles. The SMILES string of the molecule is C=C1CC[C@@]2(OC1)OC1C[C@H]3[C@@H]4CC=C5C[C@@H](O)C[C@@H](O[C@@H]6OC[C@H](OC(C)=O)[C@H](O)[C@H]6O[C@@H]6O[C@@H](C)[C@H](O)[C@@H](O[C@@H]7O[C@H](CO)[C@@H](O)[C@H](O)[C@H]7O)[C@H]6O)[C@]5(C)[C@H]4CC[C@]3(C)C1[C@@H]2C. The topological polar surface area (TPSA) is 262 Å². The van der Waals surface area contributed by atoms with Gasteiger partial charge in [-0.2, -0.15) is 0 Å². The van der Waals surface area contributed by atoms with E-state index < -0.39 is 122 Å². The number of aliphatic hydroxyl groups excluding tert-OH is 8. The van der Waals surface area contributed by atoms with Crippen LogP contribution in [0.3, 0.4) is 0 Å². The molecular weight excluding hydrogens is 840 g/mol. The molecule has 5 aliphatic heterocycles. The van der Waals surface area contributed by atoms with Crippen LogP contribution < -0.4 is 0 Å². The highest BCUT2D eigenvalue weighted by Crippen LogP contribution is 2.71. The molecule has 64 heavy (non-hydrogen) atoms. The van der Waals surface area contributed by atoms with Crippen LogP contribution in [0, 0.1) is 40.4 Å². The van der Waals surface area contributed by atoms with Crippen molar-refractivity contribution in [1.82, 2.24) is 0 Å². The van der Waals surface area contributed by atoms with E-state index in [0.717, 1.165) is 49.7 Å². The molecule has 18 nitrogen and oxygen atoms in total. The van der Waals surface area contributed by atoms with E-state index in [0.29, 0.717) is 30.8 Å². The Kier molecular flexibility index (Phi) is 13.1. The van der Waals surface area contributed by atoms with Crippen LogP contribution in [-0.4, -0.2) is 177 Å². The first kappa shape index (κ1) is 47.4. The summed E-state index contributed by atoms with van der Waals surface area (Å²) in [7, 11) is 0. The van der Waals surface area contributed by atoms with Gasteiger partial charge < -0.3 is 83.5 Å². The fourth-order valence-electron chi connectivity index (χ4n) is 14.0. The van der Waals surface area contributed by atoms with Gasteiger partial charge in [0.15, 0.2) is 30.8 Å². The molecule has 0 aromatic rings. The highest BCUT2D eigenvalue weighted by Gasteiger charge is 2.69. The second kappa shape index (κ2) is 17.7. The summed E-state index contributed by atoms with van der Waals surface area (Å²) in [6.45, 7) is 13.4. The van der Waals surface area contributed by atoms with Crippen molar-refractivity contribution >= 4 is 5.97 Å². The minimum Gasteiger partial charge on any atom is -0.457 e. The number of carbonyl (C=O) groups is 1. The normalized spacial score (nSPS) is 55.0. The van der Waals surface area contributed by atoms with Crippen LogP contribution in [0.15, 0.2) is 23.8 Å². The fourth-order valence-corrected chi connectivity index (χ4v) is 14.0. The van der Waals surface area contributed by atoms with Crippen molar-refractivity contribution in [3.05, 3.63) is 23.8 Å². The van der Waals surface area contributed by atoms with E-state index in [4.69, 9.17) is 42.6 Å². The van der Waals surface area contributed by atoms with E-state index in [9.17, 15) is 45.6 Å². The molecule has 0 radical (unpaired) electrons. The molecule has 0 aromatic carbocycles. The van der Waals surface area contributed by atoms with E-state index in [-0.39, 0.29) is 36.4 Å². The average Bonchev–Trinajstić information content (AvgIpc) is 3.70. The maximum Gasteiger partial charge on any atom is 0.303 e. The molecule has 0 amide bonds. The van der Waals surface area contributed by atoms with Gasteiger partial charge >= 0.3 is 5.97 Å². The van der Waals surface area contributed by atoms with Crippen LogP contribution in [0.4, 0.5) is 0 Å². The Morgan fingerprint density at radius 1 is 0.859 bits per heavy atom. The highest BCUT2D eigenvalue weighted by molar-refractivity contribution is 5.66. The molecule has 5 heterocycles. The van der Waals surface area contributed by atoms with Gasteiger partial charge in [-0.15, -0.1) is 0 Å². The standard InChI is InChI=1S/C46H70O18/c1-19-9-12-46(57-17-19)20(2)32-28(64-46)15-27-25-8-7-23-13-24(49)14-31(45(23,6)26(25)10-11-44(27,32)5)61-43-40(35(52)30(18-56-43)59-22(4)48)63-42-38(55)39(33(50)21(3)58-42)62-41-37(54)36(53)34(51)29(16-47)60-41/h7,20-21,24-43,47,49-55H,1,8-18H2,2-6H3/t20-,21-,24+,25+,26-,27-,28?,29+,30-,31+,32?,33-,34+,35-,36-,37+,38+,39+,40+,41-,42-,43-,44-,45-,46+/m0/s1. The third-order valence-corrected chi connectivity index (χ3v) is 17.4. The van der Waals surface area contributed by atoms with Gasteiger partial charge in [0.05, 0.1) is 44.2 Å². The van der Waals surface area contributed by atoms with Gasteiger partial charge in [-0.05, 0) is 74.5 Å². The van der Waals surface area contributed by atoms with Gasteiger partial charge in [-0.3, -0.25) is 4.79 Å².